The van der Waals surface area contributed by atoms with Gasteiger partial charge >= 0.3 is 0 Å². The lowest BCUT2D eigenvalue weighted by Gasteiger charge is -2.08. The summed E-state index contributed by atoms with van der Waals surface area (Å²) in [5.74, 6) is 0. The van der Waals surface area contributed by atoms with Crippen LogP contribution in [-0.4, -0.2) is 0 Å². The van der Waals surface area contributed by atoms with Crippen LogP contribution in [0.5, 0.6) is 0 Å². The second-order valence-electron chi connectivity index (χ2n) is 2.39. The number of hydrogen-bond acceptors (Lipinski definition) is 2. The van der Waals surface area contributed by atoms with E-state index in [1.807, 2.05) is 6.07 Å². The fraction of sp³-hybridized carbons (Fsp3) is 0.125. The Labute approximate surface area is 94.4 Å². The molecule has 0 aliphatic heterocycles. The Morgan fingerprint density at radius 3 is 2.23 bits per heavy atom. The molecule has 0 bridgehead atoms. The van der Waals surface area contributed by atoms with Gasteiger partial charge in [0.05, 0.1) is 6.07 Å². The number of nitrogens with zero attached hydrogens (tertiary/aromatic N) is 1. The first-order valence-electron chi connectivity index (χ1n) is 3.36. The van der Waals surface area contributed by atoms with E-state index in [2.05, 4.69) is 15.9 Å². The quantitative estimate of drug-likeness (QED) is 0.858. The van der Waals surface area contributed by atoms with Crippen LogP contribution < -0.4 is 5.73 Å². The van der Waals surface area contributed by atoms with E-state index < -0.39 is 6.04 Å². The number of rotatable bonds is 1. The zero-order valence-corrected chi connectivity index (χ0v) is 9.49. The highest BCUT2D eigenvalue weighted by atomic mass is 79.9. The lowest BCUT2D eigenvalue weighted by Crippen LogP contribution is -2.08. The van der Waals surface area contributed by atoms with E-state index in [-0.39, 0.29) is 0 Å². The van der Waals surface area contributed by atoms with Crippen molar-refractivity contribution in [3.63, 3.8) is 0 Å². The molecule has 0 radical (unpaired) electrons. The van der Waals surface area contributed by atoms with Crippen LogP contribution in [0.3, 0.4) is 0 Å². The molecule has 0 saturated heterocycles. The van der Waals surface area contributed by atoms with Crippen LogP contribution in [0.1, 0.15) is 11.6 Å². The smallest absolute Gasteiger partial charge is 0.121 e. The fourth-order valence-electron chi connectivity index (χ4n) is 0.915. The molecule has 0 heterocycles. The van der Waals surface area contributed by atoms with Crippen molar-refractivity contribution >= 4 is 39.1 Å². The lowest BCUT2D eigenvalue weighted by molar-refractivity contribution is 0.926. The number of nitrogens with two attached hydrogens (primary N) is 1. The highest BCUT2D eigenvalue weighted by Crippen LogP contribution is 2.32. The van der Waals surface area contributed by atoms with Gasteiger partial charge in [0.25, 0.3) is 0 Å². The van der Waals surface area contributed by atoms with Crippen molar-refractivity contribution in [1.29, 1.82) is 5.26 Å². The van der Waals surface area contributed by atoms with Gasteiger partial charge in [0.1, 0.15) is 6.04 Å². The molecule has 1 unspecified atom stereocenters. The van der Waals surface area contributed by atoms with Gasteiger partial charge in [0.15, 0.2) is 0 Å². The maximum atomic E-state index is 8.60. The van der Waals surface area contributed by atoms with E-state index in [0.717, 1.165) is 4.47 Å². The Bertz CT molecular complexity index is 350. The lowest BCUT2D eigenvalue weighted by atomic mass is 10.1. The van der Waals surface area contributed by atoms with Crippen LogP contribution in [0.25, 0.3) is 0 Å². The predicted molar refractivity (Wildman–Crippen MR) is 56.7 cm³/mol. The summed E-state index contributed by atoms with van der Waals surface area (Å²) in [6.45, 7) is 0. The third kappa shape index (κ3) is 2.35. The van der Waals surface area contributed by atoms with Gasteiger partial charge in [0.2, 0.25) is 0 Å². The molecule has 0 aromatic heterocycles. The fourth-order valence-corrected chi connectivity index (χ4v) is 2.36. The molecule has 0 amide bonds. The van der Waals surface area contributed by atoms with Gasteiger partial charge in [-0.25, -0.2) is 0 Å². The van der Waals surface area contributed by atoms with Crippen molar-refractivity contribution in [1.82, 2.24) is 0 Å². The highest BCUT2D eigenvalue weighted by molar-refractivity contribution is 9.10. The molecule has 0 spiro atoms. The molecule has 0 saturated carbocycles. The van der Waals surface area contributed by atoms with E-state index in [0.29, 0.717) is 15.6 Å². The first-order valence-corrected chi connectivity index (χ1v) is 4.90. The van der Waals surface area contributed by atoms with Gasteiger partial charge in [-0.05, 0) is 12.1 Å². The van der Waals surface area contributed by atoms with Crippen molar-refractivity contribution < 1.29 is 0 Å². The molecule has 1 rings (SSSR count). The summed E-state index contributed by atoms with van der Waals surface area (Å²) < 4.78 is 0.761. The Morgan fingerprint density at radius 2 is 1.85 bits per heavy atom. The third-order valence-electron chi connectivity index (χ3n) is 1.49. The summed E-state index contributed by atoms with van der Waals surface area (Å²) >= 11 is 15.0. The van der Waals surface area contributed by atoms with Crippen LogP contribution >= 0.6 is 39.1 Å². The Balaban J connectivity index is 3.30. The zero-order chi connectivity index (χ0) is 10.0. The molecule has 68 valence electrons. The number of hydrogen-bond donors (Lipinski definition) is 1. The summed E-state index contributed by atoms with van der Waals surface area (Å²) in [6, 6.07) is 4.40. The van der Waals surface area contributed by atoms with Gasteiger partial charge in [-0.3, -0.25) is 0 Å². The normalized spacial score (nSPS) is 12.2. The molecular formula is C8H5BrCl2N2. The number of halogens is 3. The third-order valence-corrected chi connectivity index (χ3v) is 2.58. The molecule has 0 aliphatic carbocycles. The minimum absolute atomic E-state index is 0.397. The topological polar surface area (TPSA) is 49.8 Å². The average molecular weight is 280 g/mol. The SMILES string of the molecule is N#CC(N)c1c(Cl)cc(Br)cc1Cl. The van der Waals surface area contributed by atoms with Crippen molar-refractivity contribution in [3.05, 3.63) is 32.2 Å². The van der Waals surface area contributed by atoms with Gasteiger partial charge in [-0.15, -0.1) is 0 Å². The average Bonchev–Trinajstić information content (AvgIpc) is 2.02. The van der Waals surface area contributed by atoms with Gasteiger partial charge in [-0.2, -0.15) is 5.26 Å². The molecule has 2 N–H and O–H groups in total. The minimum atomic E-state index is -0.784. The highest BCUT2D eigenvalue weighted by Gasteiger charge is 2.14. The number of nitriles is 1. The molecule has 1 atom stereocenters. The summed E-state index contributed by atoms with van der Waals surface area (Å²) in [5, 5.41) is 9.40. The maximum absolute atomic E-state index is 8.60. The molecule has 1 aromatic carbocycles. The second kappa shape index (κ2) is 4.30. The zero-order valence-electron chi connectivity index (χ0n) is 6.39. The van der Waals surface area contributed by atoms with E-state index in [1.165, 1.54) is 0 Å². The van der Waals surface area contributed by atoms with E-state index in [1.54, 1.807) is 12.1 Å². The van der Waals surface area contributed by atoms with E-state index in [9.17, 15) is 0 Å². The van der Waals surface area contributed by atoms with E-state index in [4.69, 9.17) is 34.2 Å². The van der Waals surface area contributed by atoms with Crippen LogP contribution in [0.15, 0.2) is 16.6 Å². The molecule has 5 heteroatoms. The van der Waals surface area contributed by atoms with E-state index >= 15 is 0 Å². The monoisotopic (exact) mass is 278 g/mol. The minimum Gasteiger partial charge on any atom is -0.312 e. The van der Waals surface area contributed by atoms with Crippen molar-refractivity contribution in [2.45, 2.75) is 6.04 Å². The Kier molecular flexibility index (Phi) is 3.57. The van der Waals surface area contributed by atoms with Gasteiger partial charge in [0, 0.05) is 20.1 Å². The van der Waals surface area contributed by atoms with Crippen molar-refractivity contribution in [2.24, 2.45) is 5.73 Å². The molecular weight excluding hydrogens is 275 g/mol. The van der Waals surface area contributed by atoms with Crippen LogP contribution in [0, 0.1) is 11.3 Å². The van der Waals surface area contributed by atoms with Crippen molar-refractivity contribution in [3.8, 4) is 6.07 Å². The molecule has 1 aromatic rings. The van der Waals surface area contributed by atoms with Crippen LogP contribution in [0.2, 0.25) is 10.0 Å². The predicted octanol–water partition coefficient (Wildman–Crippen LogP) is 3.28. The standard InChI is InChI=1S/C8H5BrCl2N2/c9-4-1-5(10)8(6(11)2-4)7(13)3-12/h1-2,7H,13H2. The second-order valence-corrected chi connectivity index (χ2v) is 4.12. The van der Waals surface area contributed by atoms with Crippen molar-refractivity contribution in [2.75, 3.05) is 0 Å². The molecule has 2 nitrogen and oxygen atoms in total. The van der Waals surface area contributed by atoms with Crippen LogP contribution in [-0.2, 0) is 0 Å². The van der Waals surface area contributed by atoms with Crippen LogP contribution in [0.4, 0.5) is 0 Å². The molecule has 0 fully saturated rings. The van der Waals surface area contributed by atoms with Gasteiger partial charge in [-0.1, -0.05) is 39.1 Å². The maximum Gasteiger partial charge on any atom is 0.121 e. The summed E-state index contributed by atoms with van der Waals surface area (Å²) in [7, 11) is 0. The molecule has 13 heavy (non-hydrogen) atoms. The summed E-state index contributed by atoms with van der Waals surface area (Å²) in [5.41, 5.74) is 5.97. The first kappa shape index (κ1) is 10.8. The largest absolute Gasteiger partial charge is 0.312 e. The van der Waals surface area contributed by atoms with Gasteiger partial charge < -0.3 is 5.73 Å². The Hall–Kier alpha value is -0.270. The first-order chi connectivity index (χ1) is 6.06. The Morgan fingerprint density at radius 1 is 1.38 bits per heavy atom. The molecule has 0 aliphatic rings. The summed E-state index contributed by atoms with van der Waals surface area (Å²) in [6.07, 6.45) is 0. The number of benzene rings is 1. The summed E-state index contributed by atoms with van der Waals surface area (Å²) in [4.78, 5) is 0.